The van der Waals surface area contributed by atoms with Gasteiger partial charge >= 0.3 is 12.2 Å². The van der Waals surface area contributed by atoms with E-state index >= 15 is 0 Å². The van der Waals surface area contributed by atoms with Crippen LogP contribution in [0.4, 0.5) is 24.7 Å². The molecule has 2 unspecified atom stereocenters. The van der Waals surface area contributed by atoms with Gasteiger partial charge < -0.3 is 29.6 Å². The largest absolute Gasteiger partial charge is 0.467 e. The molecule has 3 rings (SSSR count). The Kier molecular flexibility index (Phi) is 7.98. The van der Waals surface area contributed by atoms with E-state index in [0.717, 1.165) is 6.29 Å². The van der Waals surface area contributed by atoms with Crippen LogP contribution in [0.3, 0.4) is 0 Å². The van der Waals surface area contributed by atoms with Crippen molar-refractivity contribution in [2.24, 2.45) is 5.92 Å². The molecule has 0 radical (unpaired) electrons. The van der Waals surface area contributed by atoms with Crippen LogP contribution in [0.1, 0.15) is 41.0 Å². The number of fused-ring (bicyclic) bond motifs is 1. The van der Waals surface area contributed by atoms with E-state index in [1.807, 2.05) is 6.92 Å². The van der Waals surface area contributed by atoms with Crippen LogP contribution in [-0.4, -0.2) is 50.2 Å². The minimum absolute atomic E-state index is 0.0293. The lowest BCUT2D eigenvalue weighted by Crippen LogP contribution is -2.34. The van der Waals surface area contributed by atoms with Crippen molar-refractivity contribution in [1.82, 2.24) is 9.97 Å². The first-order valence-electron chi connectivity index (χ1n) is 10.8. The van der Waals surface area contributed by atoms with Crippen LogP contribution in [0.5, 0.6) is 6.01 Å². The molecule has 1 aliphatic heterocycles. The number of hydrogen-bond donors (Lipinski definition) is 1. The molecule has 0 saturated heterocycles. The van der Waals surface area contributed by atoms with E-state index in [0.29, 0.717) is 30.2 Å². The van der Waals surface area contributed by atoms with Gasteiger partial charge in [0.2, 0.25) is 0 Å². The molecule has 0 saturated carbocycles. The van der Waals surface area contributed by atoms with Crippen molar-refractivity contribution in [3.8, 4) is 6.01 Å². The standard InChI is InChI=1S/C23H29F3N4O4/c1-13(11-32-3)10-30(5-6-31)21-17-12-34-19(9-18(17)28-22(29-21)33-4)16-8-15(27)7-14(2)20(16)23(24,25)26/h6-8,13,19H,5,9-12,27H2,1-4H3. The van der Waals surface area contributed by atoms with Crippen LogP contribution in [0.25, 0.3) is 0 Å². The molecule has 0 aliphatic carbocycles. The number of benzene rings is 1. The van der Waals surface area contributed by atoms with Crippen molar-refractivity contribution in [1.29, 1.82) is 0 Å². The highest BCUT2D eigenvalue weighted by Gasteiger charge is 2.39. The fourth-order valence-electron chi connectivity index (χ4n) is 4.32. The number of nitrogens with zero attached hydrogens (tertiary/aromatic N) is 3. The van der Waals surface area contributed by atoms with E-state index in [9.17, 15) is 18.0 Å². The van der Waals surface area contributed by atoms with Gasteiger partial charge in [0.25, 0.3) is 0 Å². The molecule has 0 fully saturated rings. The van der Waals surface area contributed by atoms with E-state index in [1.54, 1.807) is 12.0 Å². The molecular weight excluding hydrogens is 453 g/mol. The van der Waals surface area contributed by atoms with E-state index in [4.69, 9.17) is 19.9 Å². The van der Waals surface area contributed by atoms with Crippen LogP contribution in [0.2, 0.25) is 0 Å². The van der Waals surface area contributed by atoms with Gasteiger partial charge in [-0.15, -0.1) is 0 Å². The van der Waals surface area contributed by atoms with Gasteiger partial charge in [-0.05, 0) is 36.1 Å². The van der Waals surface area contributed by atoms with E-state index in [1.165, 1.54) is 26.2 Å². The summed E-state index contributed by atoms with van der Waals surface area (Å²) in [5.41, 5.74) is 6.44. The predicted octanol–water partition coefficient (Wildman–Crippen LogP) is 3.50. The maximum absolute atomic E-state index is 13.9. The molecule has 1 aliphatic rings. The summed E-state index contributed by atoms with van der Waals surface area (Å²) in [6.07, 6.45) is -4.65. The number of aryl methyl sites for hydroxylation is 1. The fourth-order valence-corrected chi connectivity index (χ4v) is 4.32. The van der Waals surface area contributed by atoms with Crippen LogP contribution in [0, 0.1) is 12.8 Å². The zero-order chi connectivity index (χ0) is 25.0. The Morgan fingerprint density at radius 2 is 2.06 bits per heavy atom. The van der Waals surface area contributed by atoms with Crippen molar-refractivity contribution in [3.63, 3.8) is 0 Å². The number of nitrogen functional groups attached to an aromatic ring is 1. The summed E-state index contributed by atoms with van der Waals surface area (Å²) in [6.45, 7) is 4.33. The highest BCUT2D eigenvalue weighted by molar-refractivity contribution is 5.62. The van der Waals surface area contributed by atoms with Gasteiger partial charge in [-0.1, -0.05) is 6.92 Å². The number of hydrogen-bond acceptors (Lipinski definition) is 8. The molecule has 2 aromatic rings. The average molecular weight is 483 g/mol. The van der Waals surface area contributed by atoms with Crippen LogP contribution in [0.15, 0.2) is 12.1 Å². The Morgan fingerprint density at radius 1 is 1.32 bits per heavy atom. The summed E-state index contributed by atoms with van der Waals surface area (Å²) in [6, 6.07) is 2.66. The summed E-state index contributed by atoms with van der Waals surface area (Å²) in [7, 11) is 3.00. The Labute approximate surface area is 196 Å². The minimum atomic E-state index is -4.57. The van der Waals surface area contributed by atoms with E-state index in [2.05, 4.69) is 9.97 Å². The summed E-state index contributed by atoms with van der Waals surface area (Å²) in [4.78, 5) is 22.0. The number of rotatable bonds is 9. The van der Waals surface area contributed by atoms with Crippen molar-refractivity contribution in [2.75, 3.05) is 44.5 Å². The number of carbonyl (C=O) groups is 1. The number of aromatic nitrogens is 2. The first-order valence-corrected chi connectivity index (χ1v) is 10.8. The molecule has 11 heteroatoms. The quantitative estimate of drug-likeness (QED) is 0.428. The zero-order valence-electron chi connectivity index (χ0n) is 19.6. The Bertz CT molecular complexity index is 1030. The normalized spacial score (nSPS) is 16.6. The molecule has 0 bridgehead atoms. The topological polar surface area (TPSA) is 99.8 Å². The van der Waals surface area contributed by atoms with Gasteiger partial charge in [0.05, 0.1) is 44.2 Å². The van der Waals surface area contributed by atoms with Crippen molar-refractivity contribution >= 4 is 17.8 Å². The molecule has 186 valence electrons. The third-order valence-electron chi connectivity index (χ3n) is 5.64. The molecule has 2 N–H and O–H groups in total. The highest BCUT2D eigenvalue weighted by Crippen LogP contribution is 2.42. The van der Waals surface area contributed by atoms with Crippen LogP contribution < -0.4 is 15.4 Å². The lowest BCUT2D eigenvalue weighted by molar-refractivity contribution is -0.140. The maximum Gasteiger partial charge on any atom is 0.417 e. The number of ether oxygens (including phenoxy) is 3. The minimum Gasteiger partial charge on any atom is -0.467 e. The summed E-state index contributed by atoms with van der Waals surface area (Å²) < 4.78 is 57.9. The molecule has 1 aromatic heterocycles. The Balaban J connectivity index is 2.04. The smallest absolute Gasteiger partial charge is 0.417 e. The number of halogens is 3. The second-order valence-corrected chi connectivity index (χ2v) is 8.39. The Hall–Kier alpha value is -2.92. The Morgan fingerprint density at radius 3 is 2.68 bits per heavy atom. The number of aldehydes is 1. The van der Waals surface area contributed by atoms with Gasteiger partial charge in [0, 0.05) is 31.3 Å². The second-order valence-electron chi connectivity index (χ2n) is 8.39. The molecule has 2 atom stereocenters. The van der Waals surface area contributed by atoms with E-state index in [-0.39, 0.29) is 48.3 Å². The monoisotopic (exact) mass is 482 g/mol. The molecule has 2 heterocycles. The van der Waals surface area contributed by atoms with Crippen LogP contribution in [-0.2, 0) is 33.5 Å². The number of methoxy groups -OCH3 is 2. The third-order valence-corrected chi connectivity index (χ3v) is 5.64. The molecule has 1 aromatic carbocycles. The third kappa shape index (κ3) is 5.58. The number of carbonyl (C=O) groups excluding carboxylic acids is 1. The molecule has 0 amide bonds. The lowest BCUT2D eigenvalue weighted by atomic mass is 9.92. The van der Waals surface area contributed by atoms with Gasteiger partial charge in [0.1, 0.15) is 12.1 Å². The zero-order valence-corrected chi connectivity index (χ0v) is 19.6. The number of alkyl halides is 3. The fraction of sp³-hybridized carbons (Fsp3) is 0.522. The van der Waals surface area contributed by atoms with Gasteiger partial charge in [-0.2, -0.15) is 23.1 Å². The molecular formula is C23H29F3N4O4. The summed E-state index contributed by atoms with van der Waals surface area (Å²) >= 11 is 0. The first kappa shape index (κ1) is 25.7. The predicted molar refractivity (Wildman–Crippen MR) is 120 cm³/mol. The van der Waals surface area contributed by atoms with Crippen molar-refractivity contribution in [3.05, 3.63) is 40.1 Å². The second kappa shape index (κ2) is 10.6. The van der Waals surface area contributed by atoms with Crippen LogP contribution >= 0.6 is 0 Å². The lowest BCUT2D eigenvalue weighted by Gasteiger charge is -2.32. The maximum atomic E-state index is 13.9. The van der Waals surface area contributed by atoms with Gasteiger partial charge in [0.15, 0.2) is 0 Å². The molecule has 8 nitrogen and oxygen atoms in total. The van der Waals surface area contributed by atoms with Crippen molar-refractivity contribution < 1.29 is 32.2 Å². The van der Waals surface area contributed by atoms with Gasteiger partial charge in [-0.25, -0.2) is 0 Å². The average Bonchev–Trinajstić information content (AvgIpc) is 2.76. The number of anilines is 2. The highest BCUT2D eigenvalue weighted by atomic mass is 19.4. The SMILES string of the molecule is COCC(C)CN(CC=O)c1nc(OC)nc2c1COC(c1cc(N)cc(C)c1C(F)(F)F)C2. The molecule has 0 spiro atoms. The number of nitrogens with two attached hydrogens (primary N) is 1. The van der Waals surface area contributed by atoms with Crippen molar-refractivity contribution in [2.45, 2.75) is 39.2 Å². The van der Waals surface area contributed by atoms with E-state index < -0.39 is 17.8 Å². The molecule has 34 heavy (non-hydrogen) atoms. The summed E-state index contributed by atoms with van der Waals surface area (Å²) in [5.74, 6) is 0.540. The van der Waals surface area contributed by atoms with Gasteiger partial charge in [-0.3, -0.25) is 0 Å². The first-order chi connectivity index (χ1) is 16.1. The summed E-state index contributed by atoms with van der Waals surface area (Å²) in [5, 5.41) is 0.